The highest BCUT2D eigenvalue weighted by Gasteiger charge is 2.61. The lowest BCUT2D eigenvalue weighted by molar-refractivity contribution is -0.109. The molecule has 0 amide bonds. The van der Waals surface area contributed by atoms with Crippen LogP contribution in [-0.4, -0.2) is 15.8 Å². The molecular weight excluding hydrogens is 392 g/mol. The van der Waals surface area contributed by atoms with E-state index >= 15 is 0 Å². The lowest BCUT2D eigenvalue weighted by Gasteiger charge is -2.56. The van der Waals surface area contributed by atoms with Gasteiger partial charge >= 0.3 is 0 Å². The van der Waals surface area contributed by atoms with Gasteiger partial charge in [-0.2, -0.15) is 0 Å². The molecule has 2 saturated carbocycles. The van der Waals surface area contributed by atoms with Crippen molar-refractivity contribution in [1.29, 1.82) is 0 Å². The summed E-state index contributed by atoms with van der Waals surface area (Å²) >= 11 is 0. The second kappa shape index (κ2) is 8.20. The molecule has 0 radical (unpaired) electrons. The monoisotopic (exact) mass is 432 g/mol. The summed E-state index contributed by atoms with van der Waals surface area (Å²) in [5.41, 5.74) is 3.76. The van der Waals surface area contributed by atoms with Crippen LogP contribution in [0.5, 0.6) is 5.75 Å². The van der Waals surface area contributed by atoms with Gasteiger partial charge in [-0.25, -0.2) is 0 Å². The third-order valence-electron chi connectivity index (χ3n) is 9.87. The predicted molar refractivity (Wildman–Crippen MR) is 131 cm³/mol. The number of aliphatic hydroxyl groups is 1. The Labute approximate surface area is 194 Å². The lowest BCUT2D eigenvalue weighted by atomic mass is 9.49. The van der Waals surface area contributed by atoms with Gasteiger partial charge in [-0.15, -0.1) is 0 Å². The van der Waals surface area contributed by atoms with Gasteiger partial charge in [0.15, 0.2) is 0 Å². The second-order valence-corrected chi connectivity index (χ2v) is 11.8. The number of aryl methyl sites for hydroxylation is 2. The molecule has 5 rings (SSSR count). The van der Waals surface area contributed by atoms with Crippen molar-refractivity contribution in [3.05, 3.63) is 65.2 Å². The van der Waals surface area contributed by atoms with E-state index < -0.39 is 5.60 Å². The van der Waals surface area contributed by atoms with Crippen LogP contribution in [0.25, 0.3) is 0 Å². The molecule has 0 aromatic heterocycles. The minimum absolute atomic E-state index is 0.0202. The average Bonchev–Trinajstić information content (AvgIpc) is 3.01. The molecule has 32 heavy (non-hydrogen) atoms. The summed E-state index contributed by atoms with van der Waals surface area (Å²) in [6, 6.07) is 17.0. The summed E-state index contributed by atoms with van der Waals surface area (Å²) in [5.74, 6) is 3.51. The van der Waals surface area contributed by atoms with Gasteiger partial charge in [0.05, 0.1) is 5.60 Å². The third-order valence-corrected chi connectivity index (χ3v) is 9.87. The number of hydrogen-bond donors (Lipinski definition) is 2. The molecule has 3 aliphatic rings. The third kappa shape index (κ3) is 3.69. The van der Waals surface area contributed by atoms with Gasteiger partial charge < -0.3 is 10.2 Å². The smallest absolute Gasteiger partial charge is 0.115 e. The van der Waals surface area contributed by atoms with Crippen LogP contribution in [0.1, 0.15) is 81.9 Å². The Kier molecular flexibility index (Phi) is 5.64. The molecule has 2 nitrogen and oxygen atoms in total. The average molecular weight is 433 g/mol. The van der Waals surface area contributed by atoms with E-state index in [2.05, 4.69) is 57.2 Å². The zero-order valence-electron chi connectivity index (χ0n) is 20.1. The fourth-order valence-corrected chi connectivity index (χ4v) is 8.01. The summed E-state index contributed by atoms with van der Waals surface area (Å²) in [5, 5.41) is 21.5. The van der Waals surface area contributed by atoms with Crippen LogP contribution in [0.3, 0.4) is 0 Å². The molecule has 0 saturated heterocycles. The normalized spacial score (nSPS) is 36.8. The first-order valence-corrected chi connectivity index (χ1v) is 12.9. The highest BCUT2D eigenvalue weighted by atomic mass is 16.3. The van der Waals surface area contributed by atoms with Crippen LogP contribution in [0.4, 0.5) is 0 Å². The maximum Gasteiger partial charge on any atom is 0.115 e. The molecule has 2 aromatic rings. The highest BCUT2D eigenvalue weighted by molar-refractivity contribution is 5.41. The Morgan fingerprint density at radius 3 is 2.62 bits per heavy atom. The maximum atomic E-state index is 11.4. The van der Waals surface area contributed by atoms with Crippen LogP contribution in [0.15, 0.2) is 48.5 Å². The highest BCUT2D eigenvalue weighted by Crippen LogP contribution is 2.66. The number of phenols is 1. The van der Waals surface area contributed by atoms with Crippen LogP contribution < -0.4 is 0 Å². The van der Waals surface area contributed by atoms with E-state index in [1.165, 1.54) is 36.0 Å². The minimum atomic E-state index is -0.552. The molecule has 0 bridgehead atoms. The Hall–Kier alpha value is -1.80. The zero-order valence-corrected chi connectivity index (χ0v) is 20.1. The first kappa shape index (κ1) is 22.0. The molecule has 2 heteroatoms. The number of hydrogen-bond acceptors (Lipinski definition) is 2. The van der Waals surface area contributed by atoms with Crippen molar-refractivity contribution in [2.45, 2.75) is 83.7 Å². The summed E-state index contributed by atoms with van der Waals surface area (Å²) < 4.78 is 0. The minimum Gasteiger partial charge on any atom is -0.508 e. The van der Waals surface area contributed by atoms with Gasteiger partial charge in [-0.3, -0.25) is 0 Å². The number of benzene rings is 2. The van der Waals surface area contributed by atoms with Gasteiger partial charge in [-0.05, 0) is 122 Å². The van der Waals surface area contributed by atoms with Gasteiger partial charge in [0.1, 0.15) is 5.75 Å². The fraction of sp³-hybridized carbons (Fsp3) is 0.600. The Balaban J connectivity index is 1.42. The molecular formula is C30H40O2. The van der Waals surface area contributed by atoms with Crippen LogP contribution in [0, 0.1) is 29.1 Å². The first-order chi connectivity index (χ1) is 15.3. The topological polar surface area (TPSA) is 40.5 Å². The van der Waals surface area contributed by atoms with Crippen LogP contribution >= 0.6 is 0 Å². The molecule has 2 aromatic carbocycles. The summed E-state index contributed by atoms with van der Waals surface area (Å²) in [7, 11) is 0. The quantitative estimate of drug-likeness (QED) is 0.540. The standard InChI is InChI=1S/C30H40O2/c1-20(9-10-21-7-5-4-6-8-21)17-23-19-29(2)27(15-16-30(29,3)32)26-13-11-22-18-24(31)12-14-25(22)28(23)26/h4-8,12,14,18,20,23,26-28,31-32H,9-11,13,15-17,19H2,1-3H3/t20?,23?,26?,27?,28?,29-,30-/m0/s1. The van der Waals surface area contributed by atoms with E-state index in [0.717, 1.165) is 32.1 Å². The summed E-state index contributed by atoms with van der Waals surface area (Å²) in [6.07, 6.45) is 9.09. The van der Waals surface area contributed by atoms with Crippen molar-refractivity contribution in [3.63, 3.8) is 0 Å². The van der Waals surface area contributed by atoms with E-state index in [1.54, 1.807) is 0 Å². The van der Waals surface area contributed by atoms with Crippen LogP contribution in [-0.2, 0) is 12.8 Å². The number of rotatable bonds is 5. The van der Waals surface area contributed by atoms with E-state index in [1.807, 2.05) is 12.1 Å². The zero-order chi connectivity index (χ0) is 22.5. The molecule has 2 fully saturated rings. The summed E-state index contributed by atoms with van der Waals surface area (Å²) in [4.78, 5) is 0. The van der Waals surface area contributed by atoms with Crippen LogP contribution in [0.2, 0.25) is 0 Å². The van der Waals surface area contributed by atoms with Gasteiger partial charge in [0.25, 0.3) is 0 Å². The number of phenolic OH excluding ortho intramolecular Hbond substituents is 1. The SMILES string of the molecule is CC(CCc1ccccc1)CC1C[C@@]2(C)C(CC[C@]2(C)O)C2CCc3cc(O)ccc3C12. The molecule has 5 unspecified atom stereocenters. The van der Waals surface area contributed by atoms with Gasteiger partial charge in [0, 0.05) is 0 Å². The molecule has 0 heterocycles. The van der Waals surface area contributed by atoms with Crippen molar-refractivity contribution in [1.82, 2.24) is 0 Å². The van der Waals surface area contributed by atoms with Crippen molar-refractivity contribution in [3.8, 4) is 5.75 Å². The molecule has 172 valence electrons. The van der Waals surface area contributed by atoms with Gasteiger partial charge in [-0.1, -0.05) is 50.2 Å². The molecule has 3 aliphatic carbocycles. The molecule has 0 spiro atoms. The first-order valence-electron chi connectivity index (χ1n) is 12.9. The Morgan fingerprint density at radius 1 is 1.06 bits per heavy atom. The van der Waals surface area contributed by atoms with E-state index in [4.69, 9.17) is 0 Å². The van der Waals surface area contributed by atoms with Crippen molar-refractivity contribution < 1.29 is 10.2 Å². The van der Waals surface area contributed by atoms with Crippen molar-refractivity contribution in [2.24, 2.45) is 29.1 Å². The van der Waals surface area contributed by atoms with E-state index in [0.29, 0.717) is 35.3 Å². The van der Waals surface area contributed by atoms with E-state index in [-0.39, 0.29) is 5.41 Å². The van der Waals surface area contributed by atoms with Crippen molar-refractivity contribution in [2.75, 3.05) is 0 Å². The predicted octanol–water partition coefficient (Wildman–Crippen LogP) is 6.88. The largest absolute Gasteiger partial charge is 0.508 e. The molecule has 0 aliphatic heterocycles. The summed E-state index contributed by atoms with van der Waals surface area (Å²) in [6.45, 7) is 6.94. The fourth-order valence-electron chi connectivity index (χ4n) is 8.01. The Bertz CT molecular complexity index is 949. The molecule has 7 atom stereocenters. The second-order valence-electron chi connectivity index (χ2n) is 11.8. The maximum absolute atomic E-state index is 11.4. The Morgan fingerprint density at radius 2 is 1.84 bits per heavy atom. The van der Waals surface area contributed by atoms with Crippen molar-refractivity contribution >= 4 is 0 Å². The lowest BCUT2D eigenvalue weighted by Crippen LogP contribution is -2.52. The number of aromatic hydroxyl groups is 1. The van der Waals surface area contributed by atoms with E-state index in [9.17, 15) is 10.2 Å². The number of fused-ring (bicyclic) bond motifs is 5. The van der Waals surface area contributed by atoms with Gasteiger partial charge in [0.2, 0.25) is 0 Å². The molecule has 2 N–H and O–H groups in total.